The lowest BCUT2D eigenvalue weighted by molar-refractivity contribution is 0.594. The van der Waals surface area contributed by atoms with E-state index in [2.05, 4.69) is 10.0 Å². The van der Waals surface area contributed by atoms with Crippen LogP contribution >= 0.6 is 0 Å². The van der Waals surface area contributed by atoms with Crippen LogP contribution in [0.3, 0.4) is 0 Å². The largest absolute Gasteiger partial charge is 0.386 e. The number of benzene rings is 1. The molecule has 0 aliphatic heterocycles. The zero-order valence-electron chi connectivity index (χ0n) is 11.7. The molecule has 0 atom stereocenters. The van der Waals surface area contributed by atoms with Gasteiger partial charge in [0.05, 0.1) is 22.0 Å². The molecule has 1 aromatic rings. The van der Waals surface area contributed by atoms with E-state index in [4.69, 9.17) is 5.14 Å². The van der Waals surface area contributed by atoms with Crippen molar-refractivity contribution in [3.8, 4) is 0 Å². The predicted octanol–water partition coefficient (Wildman–Crippen LogP) is 0.917. The maximum absolute atomic E-state index is 12.0. The highest BCUT2D eigenvalue weighted by Gasteiger charge is 2.24. The van der Waals surface area contributed by atoms with E-state index in [0.29, 0.717) is 18.0 Å². The van der Waals surface area contributed by atoms with Gasteiger partial charge in [0.1, 0.15) is 0 Å². The molecule has 0 spiro atoms. The highest BCUT2D eigenvalue weighted by Crippen LogP contribution is 2.33. The predicted molar refractivity (Wildman–Crippen MR) is 82.1 cm³/mol. The number of hydrogen-bond donors (Lipinski definition) is 3. The molecule has 21 heavy (non-hydrogen) atoms. The molecule has 118 valence electrons. The van der Waals surface area contributed by atoms with Crippen LogP contribution in [0.25, 0.3) is 0 Å². The molecular formula is C12H19N3O4S2. The third-order valence-corrected chi connectivity index (χ3v) is 5.56. The average molecular weight is 333 g/mol. The van der Waals surface area contributed by atoms with Crippen molar-refractivity contribution in [2.24, 2.45) is 11.1 Å². The van der Waals surface area contributed by atoms with Crippen LogP contribution in [0.15, 0.2) is 23.1 Å². The van der Waals surface area contributed by atoms with Gasteiger partial charge < -0.3 is 5.32 Å². The molecule has 4 N–H and O–H groups in total. The molecule has 7 nitrogen and oxygen atoms in total. The first-order valence-electron chi connectivity index (χ1n) is 6.56. The van der Waals surface area contributed by atoms with E-state index < -0.39 is 20.0 Å². The fraction of sp³-hybridized carbons (Fsp3) is 0.500. The maximum atomic E-state index is 12.0. The summed E-state index contributed by atoms with van der Waals surface area (Å²) in [5.41, 5.74) is 0.664. The molecule has 1 aromatic carbocycles. The van der Waals surface area contributed by atoms with Crippen LogP contribution in [0.5, 0.6) is 0 Å². The number of sulfonamides is 2. The van der Waals surface area contributed by atoms with Crippen molar-refractivity contribution in [1.29, 1.82) is 0 Å². The Hall–Kier alpha value is -1.32. The highest BCUT2D eigenvalue weighted by molar-refractivity contribution is 7.92. The van der Waals surface area contributed by atoms with Gasteiger partial charge in [-0.15, -0.1) is 0 Å². The molecule has 0 aromatic heterocycles. The summed E-state index contributed by atoms with van der Waals surface area (Å²) in [7, 11) is -5.78. The van der Waals surface area contributed by atoms with Gasteiger partial charge in [-0.2, -0.15) is 0 Å². The smallest absolute Gasteiger partial charge is 0.238 e. The Balaban J connectivity index is 2.23. The van der Waals surface area contributed by atoms with Crippen molar-refractivity contribution < 1.29 is 16.8 Å². The van der Waals surface area contributed by atoms with Gasteiger partial charge in [0.25, 0.3) is 0 Å². The highest BCUT2D eigenvalue weighted by atomic mass is 32.2. The quantitative estimate of drug-likeness (QED) is 0.685. The number of hydrogen-bond acceptors (Lipinski definition) is 5. The summed E-state index contributed by atoms with van der Waals surface area (Å²) in [5, 5.41) is 7.87. The van der Waals surface area contributed by atoms with Gasteiger partial charge in [-0.25, -0.2) is 22.0 Å². The van der Waals surface area contributed by atoms with Gasteiger partial charge >= 0.3 is 0 Å². The first kappa shape index (κ1) is 16.1. The number of primary sulfonamides is 1. The summed E-state index contributed by atoms with van der Waals surface area (Å²) in [6.45, 7) is 0. The number of nitrogens with two attached hydrogens (primary N) is 1. The van der Waals surface area contributed by atoms with E-state index in [0.717, 1.165) is 12.8 Å². The Morgan fingerprint density at radius 2 is 1.86 bits per heavy atom. The molecular weight excluding hydrogens is 314 g/mol. The lowest BCUT2D eigenvalue weighted by Gasteiger charge is -2.13. The first-order valence-corrected chi connectivity index (χ1v) is 9.76. The monoisotopic (exact) mass is 333 g/mol. The van der Waals surface area contributed by atoms with E-state index in [-0.39, 0.29) is 16.3 Å². The number of nitrogens with one attached hydrogen (secondary N) is 2. The zero-order valence-corrected chi connectivity index (χ0v) is 13.3. The molecule has 0 unspecified atom stereocenters. The fourth-order valence-electron chi connectivity index (χ4n) is 1.95. The van der Waals surface area contributed by atoms with Crippen molar-refractivity contribution in [3.05, 3.63) is 18.2 Å². The molecule has 0 saturated heterocycles. The Morgan fingerprint density at radius 1 is 1.19 bits per heavy atom. The second kappa shape index (κ2) is 5.82. The second-order valence-corrected chi connectivity index (χ2v) is 8.56. The van der Waals surface area contributed by atoms with E-state index in [9.17, 15) is 16.8 Å². The summed E-state index contributed by atoms with van der Waals surface area (Å²) < 4.78 is 49.2. The van der Waals surface area contributed by atoms with Crippen LogP contribution in [-0.4, -0.2) is 29.6 Å². The van der Waals surface area contributed by atoms with Gasteiger partial charge in [0, 0.05) is 7.05 Å². The van der Waals surface area contributed by atoms with Crippen LogP contribution in [0, 0.1) is 5.92 Å². The van der Waals surface area contributed by atoms with Gasteiger partial charge in [-0.05, 0) is 30.5 Å². The van der Waals surface area contributed by atoms with Gasteiger partial charge in [-0.3, -0.25) is 4.72 Å². The van der Waals surface area contributed by atoms with Crippen LogP contribution < -0.4 is 15.2 Å². The van der Waals surface area contributed by atoms with E-state index in [1.54, 1.807) is 7.05 Å². The van der Waals surface area contributed by atoms with Crippen molar-refractivity contribution in [3.63, 3.8) is 0 Å². The lowest BCUT2D eigenvalue weighted by Crippen LogP contribution is -2.19. The van der Waals surface area contributed by atoms with Crippen LogP contribution in [0.1, 0.15) is 19.3 Å². The topological polar surface area (TPSA) is 118 Å². The molecule has 2 rings (SSSR count). The van der Waals surface area contributed by atoms with Crippen molar-refractivity contribution in [2.45, 2.75) is 24.2 Å². The summed E-state index contributed by atoms with van der Waals surface area (Å²) in [6, 6.07) is 4.01. The summed E-state index contributed by atoms with van der Waals surface area (Å²) >= 11 is 0. The van der Waals surface area contributed by atoms with Gasteiger partial charge in [-0.1, -0.05) is 12.8 Å². The van der Waals surface area contributed by atoms with E-state index >= 15 is 0 Å². The summed E-state index contributed by atoms with van der Waals surface area (Å²) in [4.78, 5) is -0.138. The molecule has 9 heteroatoms. The van der Waals surface area contributed by atoms with Gasteiger partial charge in [0.15, 0.2) is 0 Å². The average Bonchev–Trinajstić information content (AvgIpc) is 3.19. The van der Waals surface area contributed by atoms with Crippen molar-refractivity contribution in [2.75, 3.05) is 22.8 Å². The number of rotatable bonds is 7. The number of anilines is 2. The SMILES string of the molecule is CNc1ccc(S(N)(=O)=O)cc1NS(=O)(=O)CCC1CC1. The van der Waals surface area contributed by atoms with Crippen LogP contribution in [0.4, 0.5) is 11.4 Å². The minimum absolute atomic E-state index is 0.0282. The molecule has 1 aliphatic carbocycles. The molecule has 0 radical (unpaired) electrons. The van der Waals surface area contributed by atoms with Gasteiger partial charge in [0.2, 0.25) is 20.0 Å². The standard InChI is InChI=1S/C12H19N3O4S2/c1-14-11-5-4-10(21(13,18)19)8-12(11)15-20(16,17)7-6-9-2-3-9/h4-5,8-9,14-15H,2-3,6-7H2,1H3,(H2,13,18,19). The molecule has 0 bridgehead atoms. The lowest BCUT2D eigenvalue weighted by atomic mass is 10.3. The molecule has 1 fully saturated rings. The Bertz CT molecular complexity index is 725. The van der Waals surface area contributed by atoms with Crippen molar-refractivity contribution >= 4 is 31.4 Å². The second-order valence-electron chi connectivity index (χ2n) is 5.16. The first-order chi connectivity index (χ1) is 9.71. The Labute approximate surface area is 125 Å². The summed E-state index contributed by atoms with van der Waals surface area (Å²) in [6.07, 6.45) is 2.79. The van der Waals surface area contributed by atoms with Crippen LogP contribution in [-0.2, 0) is 20.0 Å². The van der Waals surface area contributed by atoms with Crippen molar-refractivity contribution in [1.82, 2.24) is 0 Å². The molecule has 0 heterocycles. The fourth-order valence-corrected chi connectivity index (χ4v) is 3.74. The molecule has 0 amide bonds. The minimum Gasteiger partial charge on any atom is -0.386 e. The third kappa shape index (κ3) is 4.58. The summed E-state index contributed by atoms with van der Waals surface area (Å²) in [5.74, 6) is 0.529. The third-order valence-electron chi connectivity index (χ3n) is 3.35. The normalized spacial score (nSPS) is 15.7. The Kier molecular flexibility index (Phi) is 4.45. The molecule has 1 aliphatic rings. The minimum atomic E-state index is -3.88. The molecule has 1 saturated carbocycles. The Morgan fingerprint density at radius 3 is 2.38 bits per heavy atom. The maximum Gasteiger partial charge on any atom is 0.238 e. The van der Waals surface area contributed by atoms with Crippen LogP contribution in [0.2, 0.25) is 0 Å². The van der Waals surface area contributed by atoms with E-state index in [1.165, 1.54) is 18.2 Å². The van der Waals surface area contributed by atoms with E-state index in [1.807, 2.05) is 0 Å². The zero-order chi connectivity index (χ0) is 15.7.